The van der Waals surface area contributed by atoms with Crippen LogP contribution in [0.25, 0.3) is 0 Å². The minimum Gasteiger partial charge on any atom is -0.382 e. The molecule has 16 heavy (non-hydrogen) atoms. The summed E-state index contributed by atoms with van der Waals surface area (Å²) in [6.45, 7) is 4.20. The summed E-state index contributed by atoms with van der Waals surface area (Å²) in [4.78, 5) is 0. The van der Waals surface area contributed by atoms with Gasteiger partial charge in [-0.05, 0) is 24.6 Å². The number of nitrogens with one attached hydrogen (secondary N) is 1. The van der Waals surface area contributed by atoms with E-state index in [2.05, 4.69) is 5.32 Å². The zero-order valence-electron chi connectivity index (χ0n) is 9.75. The standard InChI is InChI=1S/C12H18FNO2/c1-10-3-4-11(13)12(9-10)14-5-6-16-8-7-15-2/h3-4,9,14H,5-8H2,1-2H3. The van der Waals surface area contributed by atoms with Gasteiger partial charge in [-0.1, -0.05) is 6.07 Å². The van der Waals surface area contributed by atoms with Crippen molar-refractivity contribution in [2.24, 2.45) is 0 Å². The maximum Gasteiger partial charge on any atom is 0.146 e. The van der Waals surface area contributed by atoms with Crippen molar-refractivity contribution in [2.75, 3.05) is 38.8 Å². The molecular weight excluding hydrogens is 209 g/mol. The highest BCUT2D eigenvalue weighted by Crippen LogP contribution is 2.14. The Morgan fingerprint density at radius 3 is 2.81 bits per heavy atom. The van der Waals surface area contributed by atoms with E-state index in [1.54, 1.807) is 19.2 Å². The number of ether oxygens (including phenoxy) is 2. The van der Waals surface area contributed by atoms with Gasteiger partial charge in [0, 0.05) is 13.7 Å². The van der Waals surface area contributed by atoms with Crippen LogP contribution in [-0.2, 0) is 9.47 Å². The summed E-state index contributed by atoms with van der Waals surface area (Å²) in [6, 6.07) is 4.99. The van der Waals surface area contributed by atoms with Gasteiger partial charge in [-0.15, -0.1) is 0 Å². The summed E-state index contributed by atoms with van der Waals surface area (Å²) in [7, 11) is 1.63. The van der Waals surface area contributed by atoms with Crippen LogP contribution in [0, 0.1) is 12.7 Å². The minimum absolute atomic E-state index is 0.234. The van der Waals surface area contributed by atoms with Crippen LogP contribution >= 0.6 is 0 Å². The van der Waals surface area contributed by atoms with Crippen LogP contribution in [0.3, 0.4) is 0 Å². The molecule has 0 aromatic heterocycles. The molecule has 0 amide bonds. The van der Waals surface area contributed by atoms with Crippen molar-refractivity contribution in [1.82, 2.24) is 0 Å². The average molecular weight is 227 g/mol. The van der Waals surface area contributed by atoms with Crippen molar-refractivity contribution in [1.29, 1.82) is 0 Å². The molecule has 1 N–H and O–H groups in total. The van der Waals surface area contributed by atoms with Crippen LogP contribution < -0.4 is 5.32 Å². The summed E-state index contributed by atoms with van der Waals surface area (Å²) in [5, 5.41) is 2.99. The molecule has 0 heterocycles. The van der Waals surface area contributed by atoms with E-state index in [0.717, 1.165) is 5.56 Å². The monoisotopic (exact) mass is 227 g/mol. The van der Waals surface area contributed by atoms with Crippen LogP contribution in [0.5, 0.6) is 0 Å². The zero-order chi connectivity index (χ0) is 11.8. The minimum atomic E-state index is -0.234. The molecule has 1 aromatic carbocycles. The molecule has 0 radical (unpaired) electrons. The highest BCUT2D eigenvalue weighted by Gasteiger charge is 2.00. The van der Waals surface area contributed by atoms with E-state index in [-0.39, 0.29) is 5.82 Å². The molecule has 0 saturated heterocycles. The predicted octanol–water partition coefficient (Wildman–Crippen LogP) is 2.21. The molecule has 0 unspecified atom stereocenters. The number of anilines is 1. The molecule has 0 atom stereocenters. The Bertz CT molecular complexity index is 318. The SMILES string of the molecule is COCCOCCNc1cc(C)ccc1F. The van der Waals surface area contributed by atoms with E-state index in [9.17, 15) is 4.39 Å². The molecule has 0 aliphatic heterocycles. The first-order valence-electron chi connectivity index (χ1n) is 5.30. The first-order valence-corrected chi connectivity index (χ1v) is 5.30. The predicted molar refractivity (Wildman–Crippen MR) is 62.3 cm³/mol. The molecular formula is C12H18FNO2. The summed E-state index contributed by atoms with van der Waals surface area (Å²) in [6.07, 6.45) is 0. The summed E-state index contributed by atoms with van der Waals surface area (Å²) < 4.78 is 23.4. The Kier molecular flexibility index (Phi) is 5.82. The maximum atomic E-state index is 13.3. The van der Waals surface area contributed by atoms with E-state index < -0.39 is 0 Å². The Labute approximate surface area is 95.6 Å². The van der Waals surface area contributed by atoms with Crippen LogP contribution in [0.4, 0.5) is 10.1 Å². The lowest BCUT2D eigenvalue weighted by atomic mass is 10.2. The third-order valence-electron chi connectivity index (χ3n) is 2.12. The molecule has 0 fully saturated rings. The number of hydrogen-bond acceptors (Lipinski definition) is 3. The quantitative estimate of drug-likeness (QED) is 0.724. The van der Waals surface area contributed by atoms with Crippen LogP contribution in [-0.4, -0.2) is 33.5 Å². The van der Waals surface area contributed by atoms with Crippen molar-refractivity contribution < 1.29 is 13.9 Å². The van der Waals surface area contributed by atoms with Gasteiger partial charge >= 0.3 is 0 Å². The van der Waals surface area contributed by atoms with Gasteiger partial charge in [-0.3, -0.25) is 0 Å². The molecule has 90 valence electrons. The Balaban J connectivity index is 2.23. The Morgan fingerprint density at radius 1 is 1.25 bits per heavy atom. The Morgan fingerprint density at radius 2 is 2.06 bits per heavy atom. The third kappa shape index (κ3) is 4.59. The second-order valence-corrected chi connectivity index (χ2v) is 3.52. The average Bonchev–Trinajstić information content (AvgIpc) is 2.28. The summed E-state index contributed by atoms with van der Waals surface area (Å²) in [5.74, 6) is -0.234. The van der Waals surface area contributed by atoms with Crippen molar-refractivity contribution in [3.05, 3.63) is 29.6 Å². The Hall–Kier alpha value is -1.13. The van der Waals surface area contributed by atoms with Crippen LogP contribution in [0.1, 0.15) is 5.56 Å². The fraction of sp³-hybridized carbons (Fsp3) is 0.500. The van der Waals surface area contributed by atoms with Gasteiger partial charge in [0.05, 0.1) is 25.5 Å². The topological polar surface area (TPSA) is 30.5 Å². The van der Waals surface area contributed by atoms with E-state index in [4.69, 9.17) is 9.47 Å². The lowest BCUT2D eigenvalue weighted by molar-refractivity contribution is 0.0759. The molecule has 0 aliphatic carbocycles. The van der Waals surface area contributed by atoms with Gasteiger partial charge in [-0.25, -0.2) is 4.39 Å². The van der Waals surface area contributed by atoms with Crippen molar-refractivity contribution >= 4 is 5.69 Å². The number of benzene rings is 1. The van der Waals surface area contributed by atoms with Crippen molar-refractivity contribution in [2.45, 2.75) is 6.92 Å². The van der Waals surface area contributed by atoms with Gasteiger partial charge in [-0.2, -0.15) is 0 Å². The first-order chi connectivity index (χ1) is 7.74. The fourth-order valence-electron chi connectivity index (χ4n) is 1.28. The highest BCUT2D eigenvalue weighted by atomic mass is 19.1. The van der Waals surface area contributed by atoms with Gasteiger partial charge in [0.25, 0.3) is 0 Å². The molecule has 0 spiro atoms. The lowest BCUT2D eigenvalue weighted by Gasteiger charge is -2.08. The fourth-order valence-corrected chi connectivity index (χ4v) is 1.28. The molecule has 0 aliphatic rings. The highest BCUT2D eigenvalue weighted by molar-refractivity contribution is 5.46. The van der Waals surface area contributed by atoms with Crippen molar-refractivity contribution in [3.63, 3.8) is 0 Å². The van der Waals surface area contributed by atoms with E-state index >= 15 is 0 Å². The second kappa shape index (κ2) is 7.19. The maximum absolute atomic E-state index is 13.3. The smallest absolute Gasteiger partial charge is 0.146 e. The van der Waals surface area contributed by atoms with Crippen LogP contribution in [0.15, 0.2) is 18.2 Å². The number of methoxy groups -OCH3 is 1. The largest absolute Gasteiger partial charge is 0.382 e. The molecule has 0 saturated carbocycles. The molecule has 4 heteroatoms. The van der Waals surface area contributed by atoms with Gasteiger partial charge < -0.3 is 14.8 Å². The first kappa shape index (κ1) is 12.9. The summed E-state index contributed by atoms with van der Waals surface area (Å²) >= 11 is 0. The molecule has 1 aromatic rings. The molecule has 3 nitrogen and oxygen atoms in total. The normalized spacial score (nSPS) is 10.4. The van der Waals surface area contributed by atoms with Gasteiger partial charge in [0.2, 0.25) is 0 Å². The molecule has 0 bridgehead atoms. The van der Waals surface area contributed by atoms with Crippen molar-refractivity contribution in [3.8, 4) is 0 Å². The lowest BCUT2D eigenvalue weighted by Crippen LogP contribution is -2.12. The number of halogens is 1. The molecule has 1 rings (SSSR count). The third-order valence-corrected chi connectivity index (χ3v) is 2.12. The zero-order valence-corrected chi connectivity index (χ0v) is 9.75. The number of aryl methyl sites for hydroxylation is 1. The van der Waals surface area contributed by atoms with Gasteiger partial charge in [0.1, 0.15) is 5.82 Å². The number of rotatable bonds is 7. The van der Waals surface area contributed by atoms with E-state index in [0.29, 0.717) is 32.1 Å². The number of hydrogen-bond donors (Lipinski definition) is 1. The second-order valence-electron chi connectivity index (χ2n) is 3.52. The van der Waals surface area contributed by atoms with E-state index in [1.165, 1.54) is 6.07 Å². The summed E-state index contributed by atoms with van der Waals surface area (Å²) in [5.41, 5.74) is 1.56. The van der Waals surface area contributed by atoms with Crippen LogP contribution in [0.2, 0.25) is 0 Å². The van der Waals surface area contributed by atoms with E-state index in [1.807, 2.05) is 6.92 Å². The van der Waals surface area contributed by atoms with Gasteiger partial charge in [0.15, 0.2) is 0 Å².